The van der Waals surface area contributed by atoms with Gasteiger partial charge in [-0.3, -0.25) is 0 Å². The quantitative estimate of drug-likeness (QED) is 0.784. The SMILES string of the molecule is CS(=O)(=O)c1cc(OCC2CO2)ccc1O. The lowest BCUT2D eigenvalue weighted by atomic mass is 10.3. The molecular weight excluding hydrogens is 232 g/mol. The molecule has 1 saturated heterocycles. The van der Waals surface area contributed by atoms with Crippen molar-refractivity contribution in [3.05, 3.63) is 18.2 Å². The van der Waals surface area contributed by atoms with Gasteiger partial charge in [0.2, 0.25) is 0 Å². The molecule has 0 aliphatic carbocycles. The molecule has 1 heterocycles. The molecule has 6 heteroatoms. The van der Waals surface area contributed by atoms with Crippen LogP contribution in [0.1, 0.15) is 0 Å². The van der Waals surface area contributed by atoms with Crippen LogP contribution in [0, 0.1) is 0 Å². The van der Waals surface area contributed by atoms with E-state index < -0.39 is 9.84 Å². The van der Waals surface area contributed by atoms with Gasteiger partial charge in [0.25, 0.3) is 0 Å². The molecule has 0 saturated carbocycles. The number of phenols is 1. The van der Waals surface area contributed by atoms with E-state index in [2.05, 4.69) is 0 Å². The van der Waals surface area contributed by atoms with Crippen molar-refractivity contribution in [1.29, 1.82) is 0 Å². The molecule has 1 atom stereocenters. The summed E-state index contributed by atoms with van der Waals surface area (Å²) in [5, 5.41) is 9.40. The Morgan fingerprint density at radius 1 is 1.56 bits per heavy atom. The third-order valence-corrected chi connectivity index (χ3v) is 3.29. The summed E-state index contributed by atoms with van der Waals surface area (Å²) >= 11 is 0. The number of hydrogen-bond acceptors (Lipinski definition) is 5. The Morgan fingerprint density at radius 2 is 2.25 bits per heavy atom. The zero-order chi connectivity index (χ0) is 11.8. The van der Waals surface area contributed by atoms with E-state index in [1.807, 2.05) is 0 Å². The van der Waals surface area contributed by atoms with E-state index in [0.717, 1.165) is 6.26 Å². The minimum atomic E-state index is -3.44. The number of phenolic OH excluding ortho intramolecular Hbond substituents is 1. The Kier molecular flexibility index (Phi) is 2.77. The van der Waals surface area contributed by atoms with Crippen LogP contribution in [0.4, 0.5) is 0 Å². The summed E-state index contributed by atoms with van der Waals surface area (Å²) in [4.78, 5) is -0.123. The van der Waals surface area contributed by atoms with Crippen LogP contribution in [0.25, 0.3) is 0 Å². The lowest BCUT2D eigenvalue weighted by Gasteiger charge is -2.07. The van der Waals surface area contributed by atoms with Crippen molar-refractivity contribution in [2.45, 2.75) is 11.0 Å². The number of aromatic hydroxyl groups is 1. The minimum absolute atomic E-state index is 0.107. The van der Waals surface area contributed by atoms with Crippen LogP contribution in [0.3, 0.4) is 0 Å². The fourth-order valence-electron chi connectivity index (χ4n) is 1.23. The first-order valence-electron chi connectivity index (χ1n) is 4.74. The fourth-order valence-corrected chi connectivity index (χ4v) is 2.01. The molecule has 2 rings (SSSR count). The summed E-state index contributed by atoms with van der Waals surface area (Å²) in [5.41, 5.74) is 0. The van der Waals surface area contributed by atoms with Gasteiger partial charge in [-0.05, 0) is 12.1 Å². The zero-order valence-electron chi connectivity index (χ0n) is 8.71. The molecule has 0 radical (unpaired) electrons. The van der Waals surface area contributed by atoms with Crippen LogP contribution in [0.2, 0.25) is 0 Å². The van der Waals surface area contributed by atoms with Gasteiger partial charge in [0.1, 0.15) is 29.1 Å². The van der Waals surface area contributed by atoms with Gasteiger partial charge in [-0.1, -0.05) is 0 Å². The molecule has 1 aromatic carbocycles. The number of sulfone groups is 1. The monoisotopic (exact) mass is 244 g/mol. The maximum absolute atomic E-state index is 11.3. The van der Waals surface area contributed by atoms with Crippen molar-refractivity contribution >= 4 is 9.84 Å². The summed E-state index contributed by atoms with van der Waals surface area (Å²) in [6.07, 6.45) is 1.14. The number of ether oxygens (including phenoxy) is 2. The van der Waals surface area contributed by atoms with Crippen molar-refractivity contribution < 1.29 is 23.0 Å². The third-order valence-electron chi connectivity index (χ3n) is 2.17. The molecular formula is C10H12O5S. The van der Waals surface area contributed by atoms with Crippen LogP contribution < -0.4 is 4.74 Å². The van der Waals surface area contributed by atoms with E-state index in [0.29, 0.717) is 19.0 Å². The van der Waals surface area contributed by atoms with Crippen molar-refractivity contribution in [2.75, 3.05) is 19.5 Å². The topological polar surface area (TPSA) is 76.1 Å². The van der Waals surface area contributed by atoms with Gasteiger partial charge in [-0.2, -0.15) is 0 Å². The van der Waals surface area contributed by atoms with Crippen LogP contribution in [-0.4, -0.2) is 39.1 Å². The van der Waals surface area contributed by atoms with Crippen molar-refractivity contribution in [3.63, 3.8) is 0 Å². The fraction of sp³-hybridized carbons (Fsp3) is 0.400. The Balaban J connectivity index is 2.20. The molecule has 88 valence electrons. The largest absolute Gasteiger partial charge is 0.507 e. The highest BCUT2D eigenvalue weighted by atomic mass is 32.2. The maximum atomic E-state index is 11.3. The molecule has 16 heavy (non-hydrogen) atoms. The molecule has 1 N–H and O–H groups in total. The van der Waals surface area contributed by atoms with Gasteiger partial charge in [-0.25, -0.2) is 8.42 Å². The number of epoxide rings is 1. The number of benzene rings is 1. The summed E-state index contributed by atoms with van der Waals surface area (Å²) < 4.78 is 32.9. The van der Waals surface area contributed by atoms with E-state index in [1.54, 1.807) is 0 Å². The molecule has 5 nitrogen and oxygen atoms in total. The van der Waals surface area contributed by atoms with Crippen LogP contribution in [0.15, 0.2) is 23.1 Å². The molecule has 0 spiro atoms. The Bertz CT molecular complexity index is 490. The first-order chi connectivity index (χ1) is 7.47. The Morgan fingerprint density at radius 3 is 2.81 bits per heavy atom. The number of rotatable bonds is 4. The van der Waals surface area contributed by atoms with E-state index in [4.69, 9.17) is 9.47 Å². The van der Waals surface area contributed by atoms with E-state index >= 15 is 0 Å². The lowest BCUT2D eigenvalue weighted by molar-refractivity contribution is 0.262. The highest BCUT2D eigenvalue weighted by Crippen LogP contribution is 2.27. The van der Waals surface area contributed by atoms with Gasteiger partial charge in [0, 0.05) is 12.3 Å². The molecule has 1 unspecified atom stereocenters. The van der Waals surface area contributed by atoms with Crippen molar-refractivity contribution in [3.8, 4) is 11.5 Å². The zero-order valence-corrected chi connectivity index (χ0v) is 9.53. The number of hydrogen-bond donors (Lipinski definition) is 1. The molecule has 1 fully saturated rings. The Labute approximate surface area is 93.5 Å². The third kappa shape index (κ3) is 2.65. The van der Waals surface area contributed by atoms with Gasteiger partial charge in [-0.15, -0.1) is 0 Å². The van der Waals surface area contributed by atoms with E-state index in [-0.39, 0.29) is 16.7 Å². The first kappa shape index (κ1) is 11.2. The van der Waals surface area contributed by atoms with Gasteiger partial charge >= 0.3 is 0 Å². The summed E-state index contributed by atoms with van der Waals surface area (Å²) in [6.45, 7) is 1.07. The summed E-state index contributed by atoms with van der Waals surface area (Å²) in [6, 6.07) is 4.14. The van der Waals surface area contributed by atoms with Crippen molar-refractivity contribution in [2.24, 2.45) is 0 Å². The summed E-state index contributed by atoms with van der Waals surface area (Å²) in [7, 11) is -3.44. The average Bonchev–Trinajstić information content (AvgIpc) is 2.98. The van der Waals surface area contributed by atoms with Gasteiger partial charge in [0.05, 0.1) is 6.61 Å². The van der Waals surface area contributed by atoms with Crippen molar-refractivity contribution in [1.82, 2.24) is 0 Å². The molecule has 1 aromatic rings. The Hall–Kier alpha value is -1.27. The lowest BCUT2D eigenvalue weighted by Crippen LogP contribution is -2.05. The second-order valence-corrected chi connectivity index (χ2v) is 5.65. The van der Waals surface area contributed by atoms with E-state index in [1.165, 1.54) is 18.2 Å². The molecule has 1 aliphatic rings. The first-order valence-corrected chi connectivity index (χ1v) is 6.63. The standard InChI is InChI=1S/C10H12O5S/c1-16(12,13)10-4-7(2-3-9(10)11)14-5-8-6-15-8/h2-4,8,11H,5-6H2,1H3. The molecule has 0 bridgehead atoms. The van der Waals surface area contributed by atoms with Crippen LogP contribution >= 0.6 is 0 Å². The van der Waals surface area contributed by atoms with Gasteiger partial charge in [0.15, 0.2) is 9.84 Å². The second-order valence-electron chi connectivity index (χ2n) is 3.67. The molecule has 0 aromatic heterocycles. The van der Waals surface area contributed by atoms with E-state index in [9.17, 15) is 13.5 Å². The minimum Gasteiger partial charge on any atom is -0.507 e. The van der Waals surface area contributed by atoms with Crippen LogP contribution in [-0.2, 0) is 14.6 Å². The normalized spacial score (nSPS) is 19.4. The highest BCUT2D eigenvalue weighted by molar-refractivity contribution is 7.90. The second kappa shape index (κ2) is 3.95. The van der Waals surface area contributed by atoms with Crippen LogP contribution in [0.5, 0.6) is 11.5 Å². The molecule has 0 amide bonds. The maximum Gasteiger partial charge on any atom is 0.179 e. The average molecular weight is 244 g/mol. The smallest absolute Gasteiger partial charge is 0.179 e. The van der Waals surface area contributed by atoms with Gasteiger partial charge < -0.3 is 14.6 Å². The molecule has 1 aliphatic heterocycles. The predicted molar refractivity (Wildman–Crippen MR) is 56.5 cm³/mol. The summed E-state index contributed by atoms with van der Waals surface area (Å²) in [5.74, 6) is 0.145. The highest BCUT2D eigenvalue weighted by Gasteiger charge is 2.23. The predicted octanol–water partition coefficient (Wildman–Crippen LogP) is 0.573.